The molecule has 32 heavy (non-hydrogen) atoms. The molecule has 5 heteroatoms. The van der Waals surface area contributed by atoms with Gasteiger partial charge in [0.1, 0.15) is 11.5 Å². The summed E-state index contributed by atoms with van der Waals surface area (Å²) in [6.07, 6.45) is 1.51. The number of halogens is 3. The van der Waals surface area contributed by atoms with Crippen LogP contribution in [0, 0.1) is 17.3 Å². The van der Waals surface area contributed by atoms with Crippen LogP contribution in [0.4, 0.5) is 13.2 Å². The van der Waals surface area contributed by atoms with Gasteiger partial charge >= 0.3 is 6.18 Å². The fraction of sp³-hybridized carbons (Fsp3) is 0.481. The lowest BCUT2D eigenvalue weighted by molar-refractivity contribution is -0.137. The first-order valence-corrected chi connectivity index (χ1v) is 11.5. The van der Waals surface area contributed by atoms with E-state index in [1.54, 1.807) is 6.07 Å². The Morgan fingerprint density at radius 2 is 1.88 bits per heavy atom. The highest BCUT2D eigenvalue weighted by Crippen LogP contribution is 2.61. The molecule has 2 fully saturated rings. The predicted octanol–water partition coefficient (Wildman–Crippen LogP) is 6.97. The number of benzene rings is 2. The lowest BCUT2D eigenvalue weighted by Crippen LogP contribution is -2.43. The van der Waals surface area contributed by atoms with Crippen LogP contribution >= 0.6 is 0 Å². The summed E-state index contributed by atoms with van der Waals surface area (Å²) in [4.78, 5) is 0. The summed E-state index contributed by atoms with van der Waals surface area (Å²) < 4.78 is 45.9. The molecule has 0 amide bonds. The molecular weight excluding hydrogens is 413 g/mol. The van der Waals surface area contributed by atoms with Crippen molar-refractivity contribution in [3.8, 4) is 5.75 Å². The normalized spacial score (nSPS) is 31.4. The van der Waals surface area contributed by atoms with E-state index in [0.29, 0.717) is 23.5 Å². The maximum Gasteiger partial charge on any atom is 0.417 e. The molecule has 0 aliphatic heterocycles. The minimum atomic E-state index is -4.46. The summed E-state index contributed by atoms with van der Waals surface area (Å²) in [5.74, 6) is 2.18. The molecule has 0 bridgehead atoms. The Labute approximate surface area is 187 Å². The second kappa shape index (κ2) is 7.65. The average Bonchev–Trinajstić information content (AvgIpc) is 3.07. The van der Waals surface area contributed by atoms with Crippen LogP contribution in [0.5, 0.6) is 5.75 Å². The summed E-state index contributed by atoms with van der Waals surface area (Å²) in [5, 5.41) is 10.6. The van der Waals surface area contributed by atoms with Gasteiger partial charge in [-0.2, -0.15) is 13.2 Å². The summed E-state index contributed by atoms with van der Waals surface area (Å²) in [6, 6.07) is 11.3. The SMILES string of the molecule is C=C(Oc1ccc2c(c1)CC[C@@H]1[C@@H]2CC[C@]2(C)[C@H](O)CC[C@@H]12)c1ccccc1C(F)(F)F. The summed E-state index contributed by atoms with van der Waals surface area (Å²) >= 11 is 0. The maximum absolute atomic E-state index is 13.4. The van der Waals surface area contributed by atoms with Crippen molar-refractivity contribution < 1.29 is 23.0 Å². The standard InChI is InChI=1S/C27H29F3O2/c1-16(19-5-3-4-6-24(19)27(28,29)30)32-18-8-10-20-17(15-18)7-9-22-21(20)13-14-26(2)23(22)11-12-25(26)31/h3-6,8,10,15,21-23,25,31H,1,7,9,11-14H2,2H3/t21-,22-,23+,25-,26+/m1/s1. The third-order valence-corrected chi connectivity index (χ3v) is 8.42. The van der Waals surface area contributed by atoms with E-state index in [0.717, 1.165) is 44.6 Å². The molecule has 3 aliphatic rings. The van der Waals surface area contributed by atoms with E-state index in [-0.39, 0.29) is 22.8 Å². The summed E-state index contributed by atoms with van der Waals surface area (Å²) in [6.45, 7) is 6.04. The third-order valence-electron chi connectivity index (χ3n) is 8.42. The first-order valence-electron chi connectivity index (χ1n) is 11.5. The molecule has 1 N–H and O–H groups in total. The molecule has 0 spiro atoms. The van der Waals surface area contributed by atoms with Crippen LogP contribution in [0.2, 0.25) is 0 Å². The van der Waals surface area contributed by atoms with Gasteiger partial charge < -0.3 is 9.84 Å². The lowest BCUT2D eigenvalue weighted by Gasteiger charge is -2.50. The van der Waals surface area contributed by atoms with Crippen molar-refractivity contribution in [3.63, 3.8) is 0 Å². The van der Waals surface area contributed by atoms with Crippen molar-refractivity contribution in [2.24, 2.45) is 17.3 Å². The molecule has 2 aromatic rings. The molecule has 2 saturated carbocycles. The van der Waals surface area contributed by atoms with E-state index in [1.807, 2.05) is 12.1 Å². The third kappa shape index (κ3) is 3.45. The molecule has 5 rings (SSSR count). The van der Waals surface area contributed by atoms with Gasteiger partial charge in [-0.25, -0.2) is 0 Å². The molecule has 0 unspecified atom stereocenters. The number of alkyl halides is 3. The van der Waals surface area contributed by atoms with Crippen molar-refractivity contribution >= 4 is 5.76 Å². The zero-order valence-corrected chi connectivity index (χ0v) is 18.3. The van der Waals surface area contributed by atoms with Crippen LogP contribution in [0.1, 0.15) is 67.2 Å². The molecule has 0 heterocycles. The number of aryl methyl sites for hydroxylation is 1. The van der Waals surface area contributed by atoms with Crippen LogP contribution in [0.3, 0.4) is 0 Å². The van der Waals surface area contributed by atoms with E-state index < -0.39 is 11.7 Å². The van der Waals surface area contributed by atoms with Crippen molar-refractivity contribution in [2.45, 2.75) is 63.6 Å². The van der Waals surface area contributed by atoms with Crippen LogP contribution in [-0.4, -0.2) is 11.2 Å². The molecular formula is C27H29F3O2. The number of ether oxygens (including phenoxy) is 1. The first-order chi connectivity index (χ1) is 15.2. The predicted molar refractivity (Wildman–Crippen MR) is 118 cm³/mol. The molecule has 2 aromatic carbocycles. The topological polar surface area (TPSA) is 29.5 Å². The van der Waals surface area contributed by atoms with Crippen molar-refractivity contribution in [1.29, 1.82) is 0 Å². The van der Waals surface area contributed by atoms with Gasteiger partial charge in [0.05, 0.1) is 11.7 Å². The van der Waals surface area contributed by atoms with Crippen LogP contribution in [0.15, 0.2) is 49.0 Å². The number of hydrogen-bond acceptors (Lipinski definition) is 2. The minimum absolute atomic E-state index is 0.0000582. The molecule has 3 aliphatic carbocycles. The Morgan fingerprint density at radius 1 is 1.09 bits per heavy atom. The fourth-order valence-corrected chi connectivity index (χ4v) is 6.77. The number of hydrogen-bond donors (Lipinski definition) is 1. The molecule has 5 atom stereocenters. The molecule has 0 aromatic heterocycles. The van der Waals surface area contributed by atoms with E-state index in [1.165, 1.54) is 23.3 Å². The van der Waals surface area contributed by atoms with Gasteiger partial charge in [0.2, 0.25) is 0 Å². The lowest BCUT2D eigenvalue weighted by atomic mass is 9.55. The van der Waals surface area contributed by atoms with E-state index in [4.69, 9.17) is 4.74 Å². The zero-order chi connectivity index (χ0) is 22.7. The smallest absolute Gasteiger partial charge is 0.417 e. The Balaban J connectivity index is 1.37. The highest BCUT2D eigenvalue weighted by atomic mass is 19.4. The van der Waals surface area contributed by atoms with Crippen LogP contribution < -0.4 is 4.74 Å². The van der Waals surface area contributed by atoms with Gasteiger partial charge in [-0.3, -0.25) is 0 Å². The van der Waals surface area contributed by atoms with Gasteiger partial charge in [-0.15, -0.1) is 0 Å². The van der Waals surface area contributed by atoms with Gasteiger partial charge in [0.25, 0.3) is 0 Å². The maximum atomic E-state index is 13.4. The Morgan fingerprint density at radius 3 is 2.66 bits per heavy atom. The molecule has 2 nitrogen and oxygen atoms in total. The van der Waals surface area contributed by atoms with Crippen molar-refractivity contribution in [2.75, 3.05) is 0 Å². The van der Waals surface area contributed by atoms with E-state index in [2.05, 4.69) is 19.6 Å². The Bertz CT molecular complexity index is 1040. The van der Waals surface area contributed by atoms with Gasteiger partial charge in [0.15, 0.2) is 0 Å². The van der Waals surface area contributed by atoms with Crippen molar-refractivity contribution in [1.82, 2.24) is 0 Å². The molecule has 170 valence electrons. The van der Waals surface area contributed by atoms with Crippen LogP contribution in [0.25, 0.3) is 5.76 Å². The quantitative estimate of drug-likeness (QED) is 0.520. The largest absolute Gasteiger partial charge is 0.457 e. The minimum Gasteiger partial charge on any atom is -0.457 e. The Kier molecular flexibility index (Phi) is 5.16. The van der Waals surface area contributed by atoms with Gasteiger partial charge in [0, 0.05) is 5.56 Å². The number of aliphatic hydroxyl groups excluding tert-OH is 1. The first kappa shape index (κ1) is 21.6. The van der Waals surface area contributed by atoms with Gasteiger partial charge in [-0.1, -0.05) is 37.8 Å². The van der Waals surface area contributed by atoms with E-state index in [9.17, 15) is 18.3 Å². The summed E-state index contributed by atoms with van der Waals surface area (Å²) in [7, 11) is 0. The van der Waals surface area contributed by atoms with Crippen LogP contribution in [-0.2, 0) is 12.6 Å². The fourth-order valence-electron chi connectivity index (χ4n) is 6.77. The second-order valence-electron chi connectivity index (χ2n) is 9.98. The Hall–Kier alpha value is -2.27. The highest BCUT2D eigenvalue weighted by molar-refractivity contribution is 5.64. The average molecular weight is 443 g/mol. The number of fused-ring (bicyclic) bond motifs is 5. The molecule has 0 radical (unpaired) electrons. The highest BCUT2D eigenvalue weighted by Gasteiger charge is 2.54. The zero-order valence-electron chi connectivity index (χ0n) is 18.3. The van der Waals surface area contributed by atoms with E-state index >= 15 is 0 Å². The number of aliphatic hydroxyl groups is 1. The monoisotopic (exact) mass is 442 g/mol. The number of rotatable bonds is 3. The summed E-state index contributed by atoms with van der Waals surface area (Å²) in [5.41, 5.74) is 1.84. The van der Waals surface area contributed by atoms with Crippen molar-refractivity contribution in [3.05, 3.63) is 71.3 Å². The second-order valence-corrected chi connectivity index (χ2v) is 9.98. The van der Waals surface area contributed by atoms with Gasteiger partial charge in [-0.05, 0) is 91.0 Å². The molecule has 0 saturated heterocycles.